The minimum absolute atomic E-state index is 0.333. The van der Waals surface area contributed by atoms with Crippen LogP contribution >= 0.6 is 0 Å². The van der Waals surface area contributed by atoms with E-state index in [-0.39, 0.29) is 0 Å². The van der Waals surface area contributed by atoms with Gasteiger partial charge < -0.3 is 14.2 Å². The van der Waals surface area contributed by atoms with Gasteiger partial charge in [0.15, 0.2) is 11.4 Å². The Balaban J connectivity index is 1.78. The number of benzene rings is 1. The summed E-state index contributed by atoms with van der Waals surface area (Å²) < 4.78 is 6.26. The summed E-state index contributed by atoms with van der Waals surface area (Å²) in [6.45, 7) is 9.73. The number of rotatable bonds is 2. The number of nitrogens with zero attached hydrogens (tertiary/aromatic N) is 4. The molecule has 0 bridgehead atoms. The molecule has 0 amide bonds. The zero-order chi connectivity index (χ0) is 19.4. The van der Waals surface area contributed by atoms with Crippen LogP contribution in [0.25, 0.3) is 22.1 Å². The molecule has 0 N–H and O–H groups in total. The zero-order valence-electron chi connectivity index (χ0n) is 16.7. The first-order chi connectivity index (χ1) is 13.6. The maximum absolute atomic E-state index is 6.26. The van der Waals surface area contributed by atoms with Crippen molar-refractivity contribution in [1.82, 2.24) is 9.97 Å². The average Bonchev–Trinajstić information content (AvgIpc) is 3.05. The molecule has 142 valence electrons. The van der Waals surface area contributed by atoms with E-state index in [4.69, 9.17) is 9.40 Å². The molecule has 1 aromatic carbocycles. The highest BCUT2D eigenvalue weighted by atomic mass is 16.3. The summed E-state index contributed by atoms with van der Waals surface area (Å²) in [5.41, 5.74) is 5.00. The van der Waals surface area contributed by atoms with Gasteiger partial charge in [0.05, 0.1) is 11.4 Å². The topological polar surface area (TPSA) is 45.4 Å². The highest BCUT2D eigenvalue weighted by molar-refractivity contribution is 6.09. The van der Waals surface area contributed by atoms with Gasteiger partial charge in [-0.05, 0) is 57.5 Å². The van der Waals surface area contributed by atoms with Gasteiger partial charge in [0.1, 0.15) is 0 Å². The van der Waals surface area contributed by atoms with Crippen LogP contribution in [0.2, 0.25) is 0 Å². The van der Waals surface area contributed by atoms with E-state index in [9.17, 15) is 0 Å². The van der Waals surface area contributed by atoms with Gasteiger partial charge >= 0.3 is 0 Å². The fraction of sp³-hybridized carbons (Fsp3) is 0.304. The Morgan fingerprint density at radius 3 is 2.64 bits per heavy atom. The monoisotopic (exact) mass is 372 g/mol. The quantitative estimate of drug-likeness (QED) is 0.469. The van der Waals surface area contributed by atoms with Gasteiger partial charge in [0.25, 0.3) is 0 Å². The van der Waals surface area contributed by atoms with E-state index < -0.39 is 0 Å². The molecule has 0 fully saturated rings. The van der Waals surface area contributed by atoms with Gasteiger partial charge in [-0.3, -0.25) is 0 Å². The maximum atomic E-state index is 6.26. The summed E-state index contributed by atoms with van der Waals surface area (Å²) in [5, 5.41) is 2.16. The minimum atomic E-state index is 0.333. The van der Waals surface area contributed by atoms with Crippen LogP contribution in [0.3, 0.4) is 0 Å². The molecule has 4 heterocycles. The first-order valence-electron chi connectivity index (χ1n) is 9.84. The zero-order valence-corrected chi connectivity index (χ0v) is 16.7. The van der Waals surface area contributed by atoms with Crippen LogP contribution in [-0.4, -0.2) is 28.6 Å². The molecule has 1 aliphatic heterocycles. The third-order valence-electron chi connectivity index (χ3n) is 5.64. The van der Waals surface area contributed by atoms with Gasteiger partial charge in [-0.15, -0.1) is 0 Å². The Hall–Kier alpha value is -3.08. The Morgan fingerprint density at radius 1 is 1.04 bits per heavy atom. The second-order valence-corrected chi connectivity index (χ2v) is 7.87. The molecule has 28 heavy (non-hydrogen) atoms. The Labute approximate surface area is 164 Å². The number of aromatic nitrogens is 2. The number of hydrogen-bond acceptors (Lipinski definition) is 5. The van der Waals surface area contributed by atoms with Crippen molar-refractivity contribution in [3.63, 3.8) is 0 Å². The number of hydrogen-bond donors (Lipinski definition) is 0. The third-order valence-corrected chi connectivity index (χ3v) is 5.64. The van der Waals surface area contributed by atoms with E-state index in [0.29, 0.717) is 17.8 Å². The fourth-order valence-electron chi connectivity index (χ4n) is 4.52. The van der Waals surface area contributed by atoms with Crippen molar-refractivity contribution in [2.24, 2.45) is 0 Å². The summed E-state index contributed by atoms with van der Waals surface area (Å²) in [4.78, 5) is 13.9. The van der Waals surface area contributed by atoms with Gasteiger partial charge in [0.2, 0.25) is 5.71 Å². The minimum Gasteiger partial charge on any atom is -0.435 e. The Bertz CT molecular complexity index is 1180. The number of aryl methyl sites for hydroxylation is 1. The Kier molecular flexibility index (Phi) is 3.79. The molecular weight excluding hydrogens is 348 g/mol. The normalized spacial score (nSPS) is 17.0. The number of pyridine rings is 2. The average molecular weight is 372 g/mol. The molecule has 4 aromatic rings. The van der Waals surface area contributed by atoms with Crippen molar-refractivity contribution < 1.29 is 4.42 Å². The van der Waals surface area contributed by atoms with Crippen molar-refractivity contribution in [3.8, 4) is 0 Å². The van der Waals surface area contributed by atoms with E-state index >= 15 is 0 Å². The summed E-state index contributed by atoms with van der Waals surface area (Å²) in [6.07, 6.45) is 3.66. The molecular formula is C23H24N4O. The number of anilines is 3. The van der Waals surface area contributed by atoms with Crippen molar-refractivity contribution in [1.29, 1.82) is 0 Å². The van der Waals surface area contributed by atoms with Crippen molar-refractivity contribution in [2.75, 3.05) is 16.3 Å². The van der Waals surface area contributed by atoms with Crippen LogP contribution in [0.1, 0.15) is 26.3 Å². The lowest BCUT2D eigenvalue weighted by Crippen LogP contribution is -2.49. The van der Waals surface area contributed by atoms with Crippen molar-refractivity contribution in [2.45, 2.75) is 39.8 Å². The first kappa shape index (κ1) is 17.0. The molecule has 5 nitrogen and oxygen atoms in total. The smallest absolute Gasteiger partial charge is 0.227 e. The van der Waals surface area contributed by atoms with Crippen LogP contribution in [0.15, 0.2) is 53.2 Å². The predicted molar refractivity (Wildman–Crippen MR) is 115 cm³/mol. The number of furan rings is 1. The number of fused-ring (bicyclic) bond motifs is 4. The van der Waals surface area contributed by atoms with Gasteiger partial charge in [-0.25, -0.2) is 9.97 Å². The second kappa shape index (κ2) is 6.23. The van der Waals surface area contributed by atoms with E-state index in [0.717, 1.165) is 40.1 Å². The third kappa shape index (κ3) is 2.39. The molecule has 0 spiro atoms. The summed E-state index contributed by atoms with van der Waals surface area (Å²) >= 11 is 0. The van der Waals surface area contributed by atoms with Crippen LogP contribution in [-0.2, 0) is 0 Å². The van der Waals surface area contributed by atoms with Crippen LogP contribution < -0.4 is 9.80 Å². The highest BCUT2D eigenvalue weighted by Gasteiger charge is 2.33. The largest absolute Gasteiger partial charge is 0.435 e. The molecule has 0 unspecified atom stereocenters. The fourth-order valence-corrected chi connectivity index (χ4v) is 4.52. The van der Waals surface area contributed by atoms with Crippen molar-refractivity contribution >= 4 is 39.3 Å². The molecule has 3 aromatic heterocycles. The Morgan fingerprint density at radius 2 is 1.82 bits per heavy atom. The molecule has 5 heteroatoms. The SMILES string of the molecule is Cc1ccc2c(oc3ncccc32)c1N1C[C@@H](C)N(C(C)C)c2ncccc21. The van der Waals surface area contributed by atoms with E-state index in [1.54, 1.807) is 6.20 Å². The van der Waals surface area contributed by atoms with Gasteiger partial charge in [-0.2, -0.15) is 0 Å². The van der Waals surface area contributed by atoms with E-state index in [2.05, 4.69) is 66.7 Å². The maximum Gasteiger partial charge on any atom is 0.227 e. The lowest BCUT2D eigenvalue weighted by Gasteiger charge is -2.44. The highest BCUT2D eigenvalue weighted by Crippen LogP contribution is 2.44. The van der Waals surface area contributed by atoms with Gasteiger partial charge in [-0.1, -0.05) is 12.1 Å². The van der Waals surface area contributed by atoms with Crippen LogP contribution in [0.4, 0.5) is 17.2 Å². The standard InChI is InChI=1S/C23H24N4O/c1-14(2)27-16(4)13-26(19-8-6-11-24-22(19)27)20-15(3)9-10-17-18-7-5-12-25-23(18)28-21(17)20/h5-12,14,16H,13H2,1-4H3/t16-/m1/s1. The van der Waals surface area contributed by atoms with Crippen molar-refractivity contribution in [3.05, 3.63) is 54.4 Å². The predicted octanol–water partition coefficient (Wildman–Crippen LogP) is 5.44. The molecule has 1 aliphatic rings. The molecule has 0 saturated heterocycles. The lowest BCUT2D eigenvalue weighted by molar-refractivity contribution is 0.552. The van der Waals surface area contributed by atoms with E-state index in [1.165, 1.54) is 5.56 Å². The van der Waals surface area contributed by atoms with E-state index in [1.807, 2.05) is 18.3 Å². The second-order valence-electron chi connectivity index (χ2n) is 7.87. The molecule has 5 rings (SSSR count). The molecule has 1 atom stereocenters. The van der Waals surface area contributed by atoms with Crippen LogP contribution in [0.5, 0.6) is 0 Å². The first-order valence-corrected chi connectivity index (χ1v) is 9.84. The molecule has 0 aliphatic carbocycles. The lowest BCUT2D eigenvalue weighted by atomic mass is 10.0. The van der Waals surface area contributed by atoms with Gasteiger partial charge in [0, 0.05) is 41.8 Å². The summed E-state index contributed by atoms with van der Waals surface area (Å²) in [5.74, 6) is 1.03. The summed E-state index contributed by atoms with van der Waals surface area (Å²) in [6, 6.07) is 13.2. The molecule has 0 radical (unpaired) electrons. The summed E-state index contributed by atoms with van der Waals surface area (Å²) in [7, 11) is 0. The van der Waals surface area contributed by atoms with Crippen LogP contribution in [0, 0.1) is 6.92 Å². The molecule has 0 saturated carbocycles.